The van der Waals surface area contributed by atoms with Crippen molar-refractivity contribution in [2.45, 2.75) is 19.6 Å². The summed E-state index contributed by atoms with van der Waals surface area (Å²) in [6.45, 7) is 0. The predicted molar refractivity (Wildman–Crippen MR) is 198 cm³/mol. The van der Waals surface area contributed by atoms with Crippen LogP contribution in [0.3, 0.4) is 0 Å². The van der Waals surface area contributed by atoms with Gasteiger partial charge < -0.3 is 10.2 Å². The second-order valence-electron chi connectivity index (χ2n) is 11.3. The highest BCUT2D eigenvalue weighted by Crippen LogP contribution is 2.41. The van der Waals surface area contributed by atoms with Crippen LogP contribution in [-0.2, 0) is 41.6 Å². The second kappa shape index (κ2) is 14.9. The molecule has 276 valence electrons. The first-order valence-electron chi connectivity index (χ1n) is 15.1. The Labute approximate surface area is 309 Å². The van der Waals surface area contributed by atoms with Gasteiger partial charge in [-0.25, -0.2) is 16.8 Å². The van der Waals surface area contributed by atoms with Crippen molar-refractivity contribution in [1.29, 1.82) is 0 Å². The molecule has 0 aliphatic heterocycles. The van der Waals surface area contributed by atoms with E-state index in [1.165, 1.54) is 84.9 Å². The minimum absolute atomic E-state index is 0.0125. The van der Waals surface area contributed by atoms with E-state index in [0.29, 0.717) is 0 Å². The quantitative estimate of drug-likeness (QED) is 0.0359. The number of hydrogen-bond donors (Lipinski definition) is 6. The number of hydrogen-bond acceptors (Lipinski definition) is 14. The molecule has 0 aliphatic carbocycles. The summed E-state index contributed by atoms with van der Waals surface area (Å²) in [4.78, 5) is -1.53. The maximum atomic E-state index is 12.2. The van der Waals surface area contributed by atoms with Crippen LogP contribution in [0.15, 0.2) is 137 Å². The molecule has 0 unspecified atom stereocenters. The van der Waals surface area contributed by atoms with Gasteiger partial charge in [0, 0.05) is 21.5 Å². The average Bonchev–Trinajstić information content (AvgIpc) is 3.12. The molecule has 0 atom stereocenters. The van der Waals surface area contributed by atoms with Crippen molar-refractivity contribution in [3.05, 3.63) is 108 Å². The Kier molecular flexibility index (Phi) is 10.4. The number of aromatic hydroxyl groups is 2. The van der Waals surface area contributed by atoms with Gasteiger partial charge in [0.2, 0.25) is 0 Å². The standard InChI is InChI=1S/C34H24N4O12S4/c39-33-25-7-3-1-5-23(25)31(53(45,46)47)17-27(33)37-35-21-13-11-19(29(15-21)51(41)42)9-10-20-12-14-22(16-30(20)52(43)44)36-38-28-18-32(54(48,49)50)24-6-2-4-8-26(24)34(28)40/h1-18,39-40,51-52H,(H,45,46,47)(H,48,49,50)/b10-9+,37-35+,38-36+. The molecule has 0 saturated carbocycles. The summed E-state index contributed by atoms with van der Waals surface area (Å²) in [6, 6.07) is 21.2. The van der Waals surface area contributed by atoms with Crippen molar-refractivity contribution in [2.75, 3.05) is 0 Å². The van der Waals surface area contributed by atoms with Gasteiger partial charge in [0.25, 0.3) is 20.2 Å². The summed E-state index contributed by atoms with van der Waals surface area (Å²) in [5, 5.41) is 37.2. The van der Waals surface area contributed by atoms with Crippen molar-refractivity contribution in [3.63, 3.8) is 0 Å². The third-order valence-corrected chi connectivity index (χ3v) is 11.2. The fourth-order valence-corrected chi connectivity index (χ4v) is 8.02. The van der Waals surface area contributed by atoms with E-state index in [1.807, 2.05) is 0 Å². The summed E-state index contributed by atoms with van der Waals surface area (Å²) in [5.41, 5.74) is -0.410. The van der Waals surface area contributed by atoms with Crippen LogP contribution in [0.4, 0.5) is 22.7 Å². The summed E-state index contributed by atoms with van der Waals surface area (Å²) in [5.74, 6) is -0.871. The summed E-state index contributed by atoms with van der Waals surface area (Å²) in [7, 11) is -15.9. The van der Waals surface area contributed by atoms with Crippen LogP contribution < -0.4 is 0 Å². The number of benzene rings is 6. The monoisotopic (exact) mass is 808 g/mol. The zero-order valence-corrected chi connectivity index (χ0v) is 30.4. The highest BCUT2D eigenvalue weighted by atomic mass is 32.2. The van der Waals surface area contributed by atoms with E-state index >= 15 is 0 Å². The van der Waals surface area contributed by atoms with E-state index in [2.05, 4.69) is 20.5 Å². The van der Waals surface area contributed by atoms with Gasteiger partial charge in [0.15, 0.2) is 32.9 Å². The Morgan fingerprint density at radius 1 is 0.481 bits per heavy atom. The first-order chi connectivity index (χ1) is 25.5. The Morgan fingerprint density at radius 2 is 0.833 bits per heavy atom. The molecule has 20 heteroatoms. The third-order valence-electron chi connectivity index (χ3n) is 7.88. The smallest absolute Gasteiger partial charge is 0.295 e. The van der Waals surface area contributed by atoms with E-state index in [0.717, 1.165) is 24.3 Å². The third kappa shape index (κ3) is 7.88. The fourth-order valence-electron chi connectivity index (χ4n) is 5.39. The first kappa shape index (κ1) is 37.8. The normalized spacial score (nSPS) is 12.7. The molecule has 0 radical (unpaired) electrons. The summed E-state index contributed by atoms with van der Waals surface area (Å²) < 4.78 is 116. The van der Waals surface area contributed by atoms with Crippen LogP contribution in [0, 0.1) is 0 Å². The average molecular weight is 809 g/mol. The molecule has 0 saturated heterocycles. The van der Waals surface area contributed by atoms with Crippen molar-refractivity contribution in [2.24, 2.45) is 20.5 Å². The first-order valence-corrected chi connectivity index (χ1v) is 20.3. The molecule has 0 bridgehead atoms. The van der Waals surface area contributed by atoms with Gasteiger partial charge in [-0.2, -0.15) is 27.1 Å². The van der Waals surface area contributed by atoms with Crippen LogP contribution in [-0.4, -0.2) is 53.0 Å². The SMILES string of the molecule is O=[SH](=O)c1cc(/N=N/c2cc(S(=O)(=O)O)c3ccccc3c2O)ccc1/C=C/c1ccc(/N=N/c2cc(S(=O)(=O)O)c3ccccc3c2O)cc1[SH](=O)=O. The van der Waals surface area contributed by atoms with Crippen LogP contribution in [0.5, 0.6) is 11.5 Å². The van der Waals surface area contributed by atoms with Crippen LogP contribution in [0.1, 0.15) is 11.1 Å². The lowest BCUT2D eigenvalue weighted by Crippen LogP contribution is -1.99. The fraction of sp³-hybridized carbons (Fsp3) is 0. The van der Waals surface area contributed by atoms with Gasteiger partial charge in [-0.3, -0.25) is 9.11 Å². The molecule has 6 aromatic carbocycles. The van der Waals surface area contributed by atoms with Crippen LogP contribution in [0.2, 0.25) is 0 Å². The number of thiol groups is 2. The lowest BCUT2D eigenvalue weighted by molar-refractivity contribution is 0.477. The van der Waals surface area contributed by atoms with Gasteiger partial charge in [-0.1, -0.05) is 72.8 Å². The number of rotatable bonds is 10. The number of phenolic OH excluding ortho intramolecular Hbond substituents is 2. The lowest BCUT2D eigenvalue weighted by atomic mass is 10.1. The highest BCUT2D eigenvalue weighted by Gasteiger charge is 2.21. The number of azo groups is 2. The van der Waals surface area contributed by atoms with E-state index in [-0.39, 0.29) is 65.2 Å². The maximum absolute atomic E-state index is 12.2. The minimum atomic E-state index is -4.73. The molecule has 6 aromatic rings. The summed E-state index contributed by atoms with van der Waals surface area (Å²) in [6.07, 6.45) is 2.66. The molecular weight excluding hydrogens is 785 g/mol. The molecule has 0 amide bonds. The van der Waals surface area contributed by atoms with Gasteiger partial charge >= 0.3 is 0 Å². The number of fused-ring (bicyclic) bond motifs is 2. The molecule has 4 N–H and O–H groups in total. The van der Waals surface area contributed by atoms with Gasteiger partial charge in [-0.05, 0) is 47.5 Å². The van der Waals surface area contributed by atoms with Gasteiger partial charge in [0.1, 0.15) is 21.2 Å². The molecule has 0 spiro atoms. The van der Waals surface area contributed by atoms with Crippen LogP contribution in [0.25, 0.3) is 33.7 Å². The van der Waals surface area contributed by atoms with Gasteiger partial charge in [-0.15, -0.1) is 10.2 Å². The second-order valence-corrected chi connectivity index (χ2v) is 16.0. The van der Waals surface area contributed by atoms with Crippen molar-refractivity contribution in [1.82, 2.24) is 0 Å². The van der Waals surface area contributed by atoms with Crippen molar-refractivity contribution in [3.8, 4) is 11.5 Å². The molecular formula is C34H24N4O12S4. The summed E-state index contributed by atoms with van der Waals surface area (Å²) >= 11 is 0. The lowest BCUT2D eigenvalue weighted by Gasteiger charge is -2.08. The molecule has 0 aromatic heterocycles. The Hall–Kier alpha value is -5.90. The molecule has 0 heterocycles. The van der Waals surface area contributed by atoms with Crippen LogP contribution >= 0.6 is 0 Å². The van der Waals surface area contributed by atoms with Gasteiger partial charge in [0.05, 0.1) is 21.2 Å². The zero-order chi connectivity index (χ0) is 38.9. The van der Waals surface area contributed by atoms with E-state index in [9.17, 15) is 53.0 Å². The molecule has 54 heavy (non-hydrogen) atoms. The Balaban J connectivity index is 1.30. The predicted octanol–water partition coefficient (Wildman–Crippen LogP) is 6.84. The Morgan fingerprint density at radius 3 is 1.17 bits per heavy atom. The van der Waals surface area contributed by atoms with E-state index in [1.54, 1.807) is 0 Å². The number of nitrogens with zero attached hydrogens (tertiary/aromatic N) is 4. The molecule has 16 nitrogen and oxygen atoms in total. The number of phenols is 2. The Bertz CT molecular complexity index is 2790. The molecule has 6 rings (SSSR count). The maximum Gasteiger partial charge on any atom is 0.295 e. The topological polar surface area (TPSA) is 267 Å². The zero-order valence-electron chi connectivity index (χ0n) is 26.9. The van der Waals surface area contributed by atoms with Crippen molar-refractivity contribution >= 4 is 98.1 Å². The van der Waals surface area contributed by atoms with Crippen molar-refractivity contribution < 1.29 is 53.0 Å². The largest absolute Gasteiger partial charge is 0.505 e. The molecule has 0 aliphatic rings. The van der Waals surface area contributed by atoms with E-state index < -0.39 is 62.9 Å². The highest BCUT2D eigenvalue weighted by molar-refractivity contribution is 7.86. The molecule has 0 fully saturated rings. The minimum Gasteiger partial charge on any atom is -0.505 e. The van der Waals surface area contributed by atoms with E-state index in [4.69, 9.17) is 0 Å².